The highest BCUT2D eigenvalue weighted by atomic mass is 35.5. The number of sulfone groups is 1. The van der Waals surface area contributed by atoms with Crippen molar-refractivity contribution in [2.45, 2.75) is 30.6 Å². The van der Waals surface area contributed by atoms with Gasteiger partial charge in [0.2, 0.25) is 0 Å². The number of carbonyl (C=O) groups is 1. The Morgan fingerprint density at radius 2 is 2.10 bits per heavy atom. The first-order chi connectivity index (χ1) is 9.79. The normalized spacial score (nSPS) is 22.0. The molecule has 0 bridgehead atoms. The highest BCUT2D eigenvalue weighted by Crippen LogP contribution is 2.29. The smallest absolute Gasteiger partial charge is 0.321 e. The van der Waals surface area contributed by atoms with Crippen molar-refractivity contribution in [1.29, 1.82) is 0 Å². The molecule has 7 heteroatoms. The number of hydrogen-bond donors (Lipinski definition) is 1. The standard InChI is InChI=1S/C14H19ClN2O3S/c1-17(12-7-4-8-13(12)21(2,19)20)14(18)16-11-6-3-5-10(15)9-11/h3,5-6,9,12-13H,4,7-8H2,1-2H3,(H,16,18)/t12-,13+/m0/s1. The Kier molecular flexibility index (Phi) is 4.78. The first kappa shape index (κ1) is 16.1. The summed E-state index contributed by atoms with van der Waals surface area (Å²) in [7, 11) is -1.52. The Hall–Kier alpha value is -1.27. The minimum absolute atomic E-state index is 0.279. The third kappa shape index (κ3) is 3.89. The zero-order chi connectivity index (χ0) is 15.6. The lowest BCUT2D eigenvalue weighted by Crippen LogP contribution is -2.46. The molecule has 1 aliphatic carbocycles. The zero-order valence-corrected chi connectivity index (χ0v) is 13.6. The van der Waals surface area contributed by atoms with Crippen LogP contribution in [0.1, 0.15) is 19.3 Å². The molecule has 0 spiro atoms. The van der Waals surface area contributed by atoms with E-state index in [1.54, 1.807) is 31.3 Å². The number of nitrogens with zero attached hydrogens (tertiary/aromatic N) is 1. The third-order valence-corrected chi connectivity index (χ3v) is 5.75. The van der Waals surface area contributed by atoms with E-state index >= 15 is 0 Å². The number of benzene rings is 1. The molecule has 21 heavy (non-hydrogen) atoms. The first-order valence-corrected chi connectivity index (χ1v) is 9.10. The molecule has 1 aliphatic rings. The quantitative estimate of drug-likeness (QED) is 0.926. The van der Waals surface area contributed by atoms with Gasteiger partial charge in [-0.15, -0.1) is 0 Å². The summed E-state index contributed by atoms with van der Waals surface area (Å²) < 4.78 is 23.6. The number of amides is 2. The van der Waals surface area contributed by atoms with Gasteiger partial charge < -0.3 is 10.2 Å². The molecule has 2 atom stereocenters. The van der Waals surface area contributed by atoms with Crippen molar-refractivity contribution in [2.75, 3.05) is 18.6 Å². The van der Waals surface area contributed by atoms with Crippen molar-refractivity contribution in [1.82, 2.24) is 4.90 Å². The predicted molar refractivity (Wildman–Crippen MR) is 84.5 cm³/mol. The fourth-order valence-corrected chi connectivity index (χ4v) is 4.45. The average Bonchev–Trinajstić information content (AvgIpc) is 2.86. The summed E-state index contributed by atoms with van der Waals surface area (Å²) in [6.45, 7) is 0. The lowest BCUT2D eigenvalue weighted by molar-refractivity contribution is 0.205. The molecule has 0 aromatic heterocycles. The number of urea groups is 1. The van der Waals surface area contributed by atoms with Crippen LogP contribution in [0, 0.1) is 0 Å². The molecule has 0 heterocycles. The lowest BCUT2D eigenvalue weighted by Gasteiger charge is -2.29. The van der Waals surface area contributed by atoms with E-state index in [-0.39, 0.29) is 12.1 Å². The fraction of sp³-hybridized carbons (Fsp3) is 0.500. The molecule has 1 aromatic carbocycles. The maximum absolute atomic E-state index is 12.3. The molecule has 0 saturated heterocycles. The SMILES string of the molecule is CN(C(=O)Nc1cccc(Cl)c1)[C@H]1CCC[C@H]1S(C)(=O)=O. The molecule has 2 rings (SSSR count). The molecule has 0 unspecified atom stereocenters. The van der Waals surface area contributed by atoms with Crippen LogP contribution in [0.25, 0.3) is 0 Å². The van der Waals surface area contributed by atoms with E-state index in [9.17, 15) is 13.2 Å². The van der Waals surface area contributed by atoms with Crippen molar-refractivity contribution in [3.63, 3.8) is 0 Å². The molecular formula is C14H19ClN2O3S. The summed E-state index contributed by atoms with van der Waals surface area (Å²) in [5.74, 6) is 0. The molecule has 0 aliphatic heterocycles. The first-order valence-electron chi connectivity index (χ1n) is 6.77. The van der Waals surface area contributed by atoms with E-state index in [0.29, 0.717) is 23.6 Å². The highest BCUT2D eigenvalue weighted by molar-refractivity contribution is 7.91. The number of carbonyl (C=O) groups excluding carboxylic acids is 1. The second-order valence-corrected chi connectivity index (χ2v) is 8.12. The van der Waals surface area contributed by atoms with E-state index in [1.807, 2.05) is 0 Å². The average molecular weight is 331 g/mol. The van der Waals surface area contributed by atoms with Gasteiger partial charge in [-0.25, -0.2) is 13.2 Å². The van der Waals surface area contributed by atoms with Gasteiger partial charge in [0, 0.05) is 30.1 Å². The molecular weight excluding hydrogens is 312 g/mol. The number of halogens is 1. The van der Waals surface area contributed by atoms with Crippen molar-refractivity contribution in [2.24, 2.45) is 0 Å². The van der Waals surface area contributed by atoms with Gasteiger partial charge >= 0.3 is 6.03 Å². The van der Waals surface area contributed by atoms with Gasteiger partial charge in [0.05, 0.1) is 5.25 Å². The van der Waals surface area contributed by atoms with Crippen LogP contribution in [-0.4, -0.2) is 43.9 Å². The predicted octanol–water partition coefficient (Wildman–Crippen LogP) is 2.77. The maximum atomic E-state index is 12.3. The molecule has 2 amide bonds. The summed E-state index contributed by atoms with van der Waals surface area (Å²) in [6, 6.07) is 6.25. The molecule has 116 valence electrons. The highest BCUT2D eigenvalue weighted by Gasteiger charge is 2.38. The Balaban J connectivity index is 2.09. The molecule has 1 fully saturated rings. The summed E-state index contributed by atoms with van der Waals surface area (Å²) in [5, 5.41) is 2.79. The maximum Gasteiger partial charge on any atom is 0.321 e. The fourth-order valence-electron chi connectivity index (χ4n) is 2.78. The van der Waals surface area contributed by atoms with Gasteiger partial charge in [-0.1, -0.05) is 17.7 Å². The van der Waals surface area contributed by atoms with Crippen LogP contribution in [0.4, 0.5) is 10.5 Å². The van der Waals surface area contributed by atoms with Crippen LogP contribution in [0.2, 0.25) is 5.02 Å². The summed E-state index contributed by atoms with van der Waals surface area (Å²) in [4.78, 5) is 13.7. The minimum Gasteiger partial charge on any atom is -0.323 e. The monoisotopic (exact) mass is 330 g/mol. The Labute approximate surface area is 130 Å². The molecule has 5 nitrogen and oxygen atoms in total. The van der Waals surface area contributed by atoms with Crippen molar-refractivity contribution < 1.29 is 13.2 Å². The molecule has 1 saturated carbocycles. The van der Waals surface area contributed by atoms with Gasteiger partial charge in [-0.3, -0.25) is 0 Å². The second-order valence-electron chi connectivity index (χ2n) is 5.42. The van der Waals surface area contributed by atoms with E-state index in [0.717, 1.165) is 6.42 Å². The summed E-state index contributed by atoms with van der Waals surface area (Å²) in [6.07, 6.45) is 3.37. The van der Waals surface area contributed by atoms with Gasteiger partial charge in [0.1, 0.15) is 0 Å². The lowest BCUT2D eigenvalue weighted by atomic mass is 10.2. The van der Waals surface area contributed by atoms with E-state index in [2.05, 4.69) is 5.32 Å². The van der Waals surface area contributed by atoms with E-state index < -0.39 is 15.1 Å². The number of hydrogen-bond acceptors (Lipinski definition) is 3. The van der Waals surface area contributed by atoms with Crippen molar-refractivity contribution in [3.8, 4) is 0 Å². The largest absolute Gasteiger partial charge is 0.323 e. The Bertz CT molecular complexity index is 633. The van der Waals surface area contributed by atoms with Crippen LogP contribution < -0.4 is 5.32 Å². The zero-order valence-electron chi connectivity index (χ0n) is 12.0. The van der Waals surface area contributed by atoms with Gasteiger partial charge in [-0.05, 0) is 37.5 Å². The Morgan fingerprint density at radius 1 is 1.38 bits per heavy atom. The van der Waals surface area contributed by atoms with Crippen LogP contribution in [0.3, 0.4) is 0 Å². The molecule has 0 radical (unpaired) electrons. The minimum atomic E-state index is -3.15. The second kappa shape index (κ2) is 6.23. The van der Waals surface area contributed by atoms with E-state index in [1.165, 1.54) is 11.2 Å². The Morgan fingerprint density at radius 3 is 2.71 bits per heavy atom. The summed E-state index contributed by atoms with van der Waals surface area (Å²) in [5.41, 5.74) is 0.591. The van der Waals surface area contributed by atoms with E-state index in [4.69, 9.17) is 11.6 Å². The summed E-state index contributed by atoms with van der Waals surface area (Å²) >= 11 is 5.87. The number of rotatable bonds is 3. The van der Waals surface area contributed by atoms with Crippen LogP contribution in [0.15, 0.2) is 24.3 Å². The van der Waals surface area contributed by atoms with Crippen LogP contribution in [-0.2, 0) is 9.84 Å². The van der Waals surface area contributed by atoms with Gasteiger partial charge in [0.25, 0.3) is 0 Å². The topological polar surface area (TPSA) is 66.5 Å². The van der Waals surface area contributed by atoms with Crippen LogP contribution >= 0.6 is 11.6 Å². The van der Waals surface area contributed by atoms with Gasteiger partial charge in [0.15, 0.2) is 9.84 Å². The van der Waals surface area contributed by atoms with Crippen LogP contribution in [0.5, 0.6) is 0 Å². The number of anilines is 1. The van der Waals surface area contributed by atoms with Crippen molar-refractivity contribution in [3.05, 3.63) is 29.3 Å². The molecule has 1 aromatic rings. The third-order valence-electron chi connectivity index (χ3n) is 3.86. The van der Waals surface area contributed by atoms with Crippen molar-refractivity contribution >= 4 is 33.2 Å². The number of nitrogens with one attached hydrogen (secondary N) is 1. The van der Waals surface area contributed by atoms with Gasteiger partial charge in [-0.2, -0.15) is 0 Å². The molecule has 1 N–H and O–H groups in total.